The van der Waals surface area contributed by atoms with Crippen molar-refractivity contribution < 1.29 is 45.2 Å². The molecule has 0 bridgehead atoms. The van der Waals surface area contributed by atoms with Crippen LogP contribution in [0.5, 0.6) is 0 Å². The van der Waals surface area contributed by atoms with E-state index < -0.39 is 11.6 Å². The summed E-state index contributed by atoms with van der Waals surface area (Å²) in [5, 5.41) is 0. The zero-order chi connectivity index (χ0) is 6.85. The summed E-state index contributed by atoms with van der Waals surface area (Å²) in [4.78, 5) is 0. The topological polar surface area (TPSA) is 0 Å². The van der Waals surface area contributed by atoms with Crippen molar-refractivity contribution in [3.05, 3.63) is 42.3 Å². The van der Waals surface area contributed by atoms with E-state index in [-0.39, 0.29) is 42.0 Å². The molecule has 0 amide bonds. The molecule has 1 aromatic rings. The van der Waals surface area contributed by atoms with Crippen molar-refractivity contribution >= 4 is 0 Å². The van der Waals surface area contributed by atoms with Gasteiger partial charge in [0.25, 0.3) is 0 Å². The molecule has 1 rings (SSSR count). The average molecular weight is 272 g/mol. The van der Waals surface area contributed by atoms with Gasteiger partial charge in [0.1, 0.15) is 5.82 Å². The molecule has 0 nitrogen and oxygen atoms in total. The fourth-order valence-electron chi connectivity index (χ4n) is 0.548. The largest absolute Gasteiger partial charge is 2.00 e. The molecule has 56 valence electrons. The van der Waals surface area contributed by atoms with E-state index >= 15 is 0 Å². The Morgan fingerprint density at radius 1 is 1.18 bits per heavy atom. The van der Waals surface area contributed by atoms with Gasteiger partial charge in [-0.3, -0.25) is 4.39 Å². The van der Waals surface area contributed by atoms with Gasteiger partial charge >= 0.3 is 19.5 Å². The second kappa shape index (κ2) is 5.67. The maximum atomic E-state index is 12.3. The summed E-state index contributed by atoms with van der Waals surface area (Å²) >= 11 is 0. The van der Waals surface area contributed by atoms with Crippen LogP contribution in [-0.4, -0.2) is 0 Å². The third kappa shape index (κ3) is 3.30. The van der Waals surface area contributed by atoms with Gasteiger partial charge in [-0.05, 0) is 6.07 Å². The summed E-state index contributed by atoms with van der Waals surface area (Å²) in [6, 6.07) is 3.89. The van der Waals surface area contributed by atoms with Gasteiger partial charge in [0.15, 0.2) is 0 Å². The summed E-state index contributed by atoms with van der Waals surface area (Å²) in [5.74, 6) is -1.71. The van der Waals surface area contributed by atoms with E-state index in [9.17, 15) is 8.78 Å². The van der Waals surface area contributed by atoms with E-state index in [1.54, 1.807) is 0 Å². The molecule has 11 heavy (non-hydrogen) atoms. The van der Waals surface area contributed by atoms with E-state index in [1.807, 2.05) is 0 Å². The van der Waals surface area contributed by atoms with Crippen LogP contribution in [-0.2, 0) is 19.5 Å². The van der Waals surface area contributed by atoms with E-state index in [0.717, 1.165) is 6.07 Å². The number of benzene rings is 1. The first-order valence-corrected chi connectivity index (χ1v) is 2.48. The molecular weight excluding hydrogens is 267 g/mol. The first-order valence-electron chi connectivity index (χ1n) is 2.48. The molecule has 0 radical (unpaired) electrons. The van der Waals surface area contributed by atoms with Crippen molar-refractivity contribution in [3.63, 3.8) is 0 Å². The minimum Gasteiger partial charge on any atom is -1.00 e. The molecule has 1 aromatic carbocycles. The Morgan fingerprint density at radius 2 is 1.73 bits per heavy atom. The monoisotopic (exact) mass is 270 g/mol. The van der Waals surface area contributed by atoms with Crippen molar-refractivity contribution in [1.82, 2.24) is 0 Å². The molecule has 0 heterocycles. The van der Waals surface area contributed by atoms with Gasteiger partial charge in [-0.25, -0.2) is 4.39 Å². The van der Waals surface area contributed by atoms with Gasteiger partial charge in [-0.15, -0.1) is 6.07 Å². The zero-order valence-electron chi connectivity index (χ0n) is 5.78. The van der Waals surface area contributed by atoms with Crippen LogP contribution in [0.2, 0.25) is 0 Å². The summed E-state index contributed by atoms with van der Waals surface area (Å²) in [6.07, 6.45) is 0. The minimum atomic E-state index is -0.863. The maximum absolute atomic E-state index is 12.3. The molecule has 0 saturated carbocycles. The Balaban J connectivity index is 0. The van der Waals surface area contributed by atoms with Gasteiger partial charge in [0, 0.05) is 0 Å². The number of hydrogen-bond acceptors (Lipinski definition) is 0. The number of rotatable bonds is 0. The molecule has 0 saturated heterocycles. The first-order chi connectivity index (χ1) is 4.22. The van der Waals surface area contributed by atoms with Gasteiger partial charge in [0.2, 0.25) is 0 Å². The SMILES string of the molecule is [Br-].[CH2-]c1cccc(F)c1F.[Zn+2]. The van der Waals surface area contributed by atoms with Gasteiger partial charge < -0.3 is 17.0 Å². The van der Waals surface area contributed by atoms with Crippen LogP contribution in [0.15, 0.2) is 18.2 Å². The smallest absolute Gasteiger partial charge is 1.00 e. The molecule has 0 aliphatic rings. The van der Waals surface area contributed by atoms with Crippen LogP contribution in [0.4, 0.5) is 8.78 Å². The van der Waals surface area contributed by atoms with Crippen LogP contribution < -0.4 is 17.0 Å². The Kier molecular flexibility index (Phi) is 7.03. The third-order valence-electron chi connectivity index (χ3n) is 1.03. The van der Waals surface area contributed by atoms with Crippen molar-refractivity contribution in [3.8, 4) is 0 Å². The summed E-state index contributed by atoms with van der Waals surface area (Å²) in [7, 11) is 0. The van der Waals surface area contributed by atoms with Crippen LogP contribution in [0.1, 0.15) is 5.56 Å². The zero-order valence-corrected chi connectivity index (χ0v) is 10.3. The van der Waals surface area contributed by atoms with Crippen molar-refractivity contribution in [1.29, 1.82) is 0 Å². The van der Waals surface area contributed by atoms with Crippen LogP contribution in [0.25, 0.3) is 0 Å². The first kappa shape index (κ1) is 13.6. The van der Waals surface area contributed by atoms with Gasteiger partial charge in [-0.1, -0.05) is 0 Å². The van der Waals surface area contributed by atoms with E-state index in [2.05, 4.69) is 6.92 Å². The summed E-state index contributed by atoms with van der Waals surface area (Å²) < 4.78 is 24.5. The van der Waals surface area contributed by atoms with E-state index in [0.29, 0.717) is 0 Å². The summed E-state index contributed by atoms with van der Waals surface area (Å²) in [5.41, 5.74) is 0.0926. The Hall–Kier alpha value is 0.0534. The fourth-order valence-corrected chi connectivity index (χ4v) is 0.548. The van der Waals surface area contributed by atoms with E-state index in [4.69, 9.17) is 0 Å². The molecule has 0 atom stereocenters. The van der Waals surface area contributed by atoms with Crippen molar-refractivity contribution in [2.75, 3.05) is 0 Å². The minimum absolute atomic E-state index is 0. The third-order valence-corrected chi connectivity index (χ3v) is 1.03. The maximum Gasteiger partial charge on any atom is 2.00 e. The Bertz CT molecular complexity index is 207. The molecule has 0 aliphatic heterocycles. The molecular formula is C7H5BrF2Zn. The van der Waals surface area contributed by atoms with Gasteiger partial charge in [0.05, 0.1) is 5.82 Å². The predicted octanol–water partition coefficient (Wildman–Crippen LogP) is -0.852. The molecule has 0 aromatic heterocycles. The predicted molar refractivity (Wildman–Crippen MR) is 30.8 cm³/mol. The normalized spacial score (nSPS) is 7.82. The Morgan fingerprint density at radius 3 is 2.09 bits per heavy atom. The van der Waals surface area contributed by atoms with Crippen LogP contribution >= 0.6 is 0 Å². The molecule has 0 fully saturated rings. The van der Waals surface area contributed by atoms with Crippen LogP contribution in [0.3, 0.4) is 0 Å². The second-order valence-electron chi connectivity index (χ2n) is 1.71. The number of hydrogen-bond donors (Lipinski definition) is 0. The van der Waals surface area contributed by atoms with Gasteiger partial charge in [-0.2, -0.15) is 18.6 Å². The molecule has 0 N–H and O–H groups in total. The molecule has 0 unspecified atom stereocenters. The number of halogens is 3. The average Bonchev–Trinajstić information content (AvgIpc) is 1.83. The fraction of sp³-hybridized carbons (Fsp3) is 0. The molecule has 4 heteroatoms. The molecule has 0 spiro atoms. The molecule has 0 aliphatic carbocycles. The van der Waals surface area contributed by atoms with E-state index in [1.165, 1.54) is 12.1 Å². The quantitative estimate of drug-likeness (QED) is 0.426. The van der Waals surface area contributed by atoms with Crippen LogP contribution in [0, 0.1) is 18.6 Å². The standard InChI is InChI=1S/C7H5F2.BrH.Zn/c1-5-3-2-4-6(8)7(5)9;;/h2-4H,1H2;1H;/q-1;;+2/p-1. The van der Waals surface area contributed by atoms with Crippen molar-refractivity contribution in [2.45, 2.75) is 0 Å². The summed E-state index contributed by atoms with van der Waals surface area (Å²) in [6.45, 7) is 3.27. The second-order valence-corrected chi connectivity index (χ2v) is 1.71. The van der Waals surface area contributed by atoms with Crippen molar-refractivity contribution in [2.24, 2.45) is 0 Å². The Labute approximate surface area is 87.5 Å².